The molecule has 3 N–H and O–H groups in total. The number of aromatic hydroxyl groups is 1. The van der Waals surface area contributed by atoms with Gasteiger partial charge in [-0.25, -0.2) is 12.8 Å². The van der Waals surface area contributed by atoms with Crippen molar-refractivity contribution in [3.8, 4) is 5.75 Å². The van der Waals surface area contributed by atoms with Gasteiger partial charge < -0.3 is 10.8 Å². The molecule has 96 valence electrons. The maximum atomic E-state index is 14.0. The lowest BCUT2D eigenvalue weighted by atomic mass is 9.96. The van der Waals surface area contributed by atoms with Crippen molar-refractivity contribution in [2.75, 3.05) is 6.26 Å². The van der Waals surface area contributed by atoms with Crippen LogP contribution in [-0.4, -0.2) is 25.3 Å². The number of nitrogens with two attached hydrogens (primary N) is 1. The van der Waals surface area contributed by atoms with Gasteiger partial charge in [-0.1, -0.05) is 6.07 Å². The molecule has 0 aliphatic rings. The van der Waals surface area contributed by atoms with Crippen LogP contribution in [0.4, 0.5) is 4.39 Å². The van der Waals surface area contributed by atoms with Gasteiger partial charge in [0.25, 0.3) is 0 Å². The highest BCUT2D eigenvalue weighted by molar-refractivity contribution is 7.90. The fourth-order valence-corrected chi connectivity index (χ4v) is 2.47. The van der Waals surface area contributed by atoms with E-state index in [-0.39, 0.29) is 12.0 Å². The molecule has 0 spiro atoms. The monoisotopic (exact) mass is 261 g/mol. The molecule has 4 nitrogen and oxygen atoms in total. The molecule has 0 unspecified atom stereocenters. The molecule has 17 heavy (non-hydrogen) atoms. The molecule has 0 saturated heterocycles. The standard InChI is InChI=1S/C11H16FNO3S/c1-11(2,13)6-7-4-5-8(14)10(9(7)12)17(3,15)16/h4-5,14H,6,13H2,1-3H3. The number of phenols is 1. The Kier molecular flexibility index (Phi) is 3.50. The summed E-state index contributed by atoms with van der Waals surface area (Å²) < 4.78 is 36.7. The summed E-state index contributed by atoms with van der Waals surface area (Å²) in [6.07, 6.45) is 1.03. The van der Waals surface area contributed by atoms with Crippen molar-refractivity contribution in [2.24, 2.45) is 5.73 Å². The quantitative estimate of drug-likeness (QED) is 0.857. The van der Waals surface area contributed by atoms with Gasteiger partial charge in [0.1, 0.15) is 16.5 Å². The zero-order valence-electron chi connectivity index (χ0n) is 9.99. The van der Waals surface area contributed by atoms with Gasteiger partial charge in [0.15, 0.2) is 9.84 Å². The molecule has 0 amide bonds. The van der Waals surface area contributed by atoms with Crippen LogP contribution in [0, 0.1) is 5.82 Å². The first-order valence-corrected chi connectivity index (χ1v) is 6.91. The molecule has 1 aromatic carbocycles. The van der Waals surface area contributed by atoms with E-state index in [1.54, 1.807) is 13.8 Å². The van der Waals surface area contributed by atoms with Crippen LogP contribution in [0.2, 0.25) is 0 Å². The van der Waals surface area contributed by atoms with Crippen LogP contribution in [-0.2, 0) is 16.3 Å². The highest BCUT2D eigenvalue weighted by atomic mass is 32.2. The van der Waals surface area contributed by atoms with E-state index < -0.39 is 31.8 Å². The molecule has 1 aromatic rings. The van der Waals surface area contributed by atoms with Crippen LogP contribution in [0.3, 0.4) is 0 Å². The van der Waals surface area contributed by atoms with Gasteiger partial charge in [0, 0.05) is 11.8 Å². The van der Waals surface area contributed by atoms with E-state index in [0.717, 1.165) is 6.26 Å². The van der Waals surface area contributed by atoms with E-state index in [2.05, 4.69) is 0 Å². The average Bonchev–Trinajstić information content (AvgIpc) is 2.06. The van der Waals surface area contributed by atoms with E-state index in [9.17, 15) is 17.9 Å². The Bertz CT molecular complexity index is 532. The van der Waals surface area contributed by atoms with Crippen LogP contribution < -0.4 is 5.73 Å². The van der Waals surface area contributed by atoms with Gasteiger partial charge in [-0.3, -0.25) is 0 Å². The number of halogens is 1. The highest BCUT2D eigenvalue weighted by Crippen LogP contribution is 2.29. The number of sulfone groups is 1. The number of rotatable bonds is 3. The van der Waals surface area contributed by atoms with Gasteiger partial charge in [0.05, 0.1) is 0 Å². The molecule has 0 aliphatic heterocycles. The summed E-state index contributed by atoms with van der Waals surface area (Å²) in [6, 6.07) is 2.51. The number of hydrogen-bond donors (Lipinski definition) is 2. The van der Waals surface area contributed by atoms with Crippen molar-refractivity contribution in [1.29, 1.82) is 0 Å². The SMILES string of the molecule is CC(C)(N)Cc1ccc(O)c(S(C)(=O)=O)c1F. The lowest BCUT2D eigenvalue weighted by Gasteiger charge is -2.19. The fourth-order valence-electron chi connectivity index (χ4n) is 1.57. The normalized spacial score (nSPS) is 12.8. The molecule has 1 rings (SSSR count). The zero-order chi connectivity index (χ0) is 13.4. The van der Waals surface area contributed by atoms with E-state index >= 15 is 0 Å². The second-order valence-electron chi connectivity index (χ2n) is 4.82. The van der Waals surface area contributed by atoms with Crippen molar-refractivity contribution in [1.82, 2.24) is 0 Å². The van der Waals surface area contributed by atoms with Gasteiger partial charge in [-0.05, 0) is 31.9 Å². The summed E-state index contributed by atoms with van der Waals surface area (Å²) in [4.78, 5) is -0.667. The minimum Gasteiger partial charge on any atom is -0.506 e. The first-order chi connectivity index (χ1) is 7.52. The van der Waals surface area contributed by atoms with Gasteiger partial charge in [-0.15, -0.1) is 0 Å². The highest BCUT2D eigenvalue weighted by Gasteiger charge is 2.24. The Morgan fingerprint density at radius 1 is 1.41 bits per heavy atom. The molecule has 0 aromatic heterocycles. The van der Waals surface area contributed by atoms with Crippen molar-refractivity contribution in [3.05, 3.63) is 23.5 Å². The minimum absolute atomic E-state index is 0.177. The maximum absolute atomic E-state index is 14.0. The molecule has 0 saturated carbocycles. The van der Waals surface area contributed by atoms with E-state index in [4.69, 9.17) is 5.73 Å². The Labute approximate surface area is 100 Å². The lowest BCUT2D eigenvalue weighted by Crippen LogP contribution is -2.34. The van der Waals surface area contributed by atoms with Crippen LogP contribution in [0.5, 0.6) is 5.75 Å². The molecule has 0 bridgehead atoms. The van der Waals surface area contributed by atoms with E-state index in [1.807, 2.05) is 0 Å². The molecule has 0 atom stereocenters. The first-order valence-electron chi connectivity index (χ1n) is 5.01. The zero-order valence-corrected chi connectivity index (χ0v) is 10.8. The van der Waals surface area contributed by atoms with Crippen LogP contribution in [0.1, 0.15) is 19.4 Å². The molecule has 6 heteroatoms. The third kappa shape index (κ3) is 3.41. The van der Waals surface area contributed by atoms with Gasteiger partial charge in [0.2, 0.25) is 0 Å². The summed E-state index contributed by atoms with van der Waals surface area (Å²) >= 11 is 0. The number of benzene rings is 1. The molecule has 0 heterocycles. The second kappa shape index (κ2) is 4.27. The van der Waals surface area contributed by atoms with Crippen molar-refractivity contribution < 1.29 is 17.9 Å². The van der Waals surface area contributed by atoms with Crippen LogP contribution in [0.15, 0.2) is 17.0 Å². The topological polar surface area (TPSA) is 80.4 Å². The maximum Gasteiger partial charge on any atom is 0.182 e. The third-order valence-electron chi connectivity index (χ3n) is 2.17. The molecule has 0 radical (unpaired) electrons. The predicted molar refractivity (Wildman–Crippen MR) is 63.1 cm³/mol. The van der Waals surface area contributed by atoms with Crippen molar-refractivity contribution in [3.63, 3.8) is 0 Å². The van der Waals surface area contributed by atoms with E-state index in [0.29, 0.717) is 0 Å². The summed E-state index contributed by atoms with van der Waals surface area (Å²) in [5.41, 5.74) is 5.27. The molecule has 0 fully saturated rings. The van der Waals surface area contributed by atoms with Crippen LogP contribution >= 0.6 is 0 Å². The fraction of sp³-hybridized carbons (Fsp3) is 0.455. The summed E-state index contributed by atoms with van der Waals surface area (Å²) in [6.45, 7) is 3.42. The molecular weight excluding hydrogens is 245 g/mol. The van der Waals surface area contributed by atoms with E-state index in [1.165, 1.54) is 12.1 Å². The largest absolute Gasteiger partial charge is 0.506 e. The Hall–Kier alpha value is -1.14. The Morgan fingerprint density at radius 2 is 1.94 bits per heavy atom. The Balaban J connectivity index is 3.40. The first kappa shape index (κ1) is 13.9. The van der Waals surface area contributed by atoms with Crippen LogP contribution in [0.25, 0.3) is 0 Å². The Morgan fingerprint density at radius 3 is 2.35 bits per heavy atom. The molecular formula is C11H16FNO3S. The van der Waals surface area contributed by atoms with Crippen molar-refractivity contribution >= 4 is 9.84 Å². The third-order valence-corrected chi connectivity index (χ3v) is 3.30. The average molecular weight is 261 g/mol. The molecule has 0 aliphatic carbocycles. The van der Waals surface area contributed by atoms with Crippen molar-refractivity contribution in [2.45, 2.75) is 30.7 Å². The minimum atomic E-state index is -3.81. The number of phenolic OH excluding ortho intramolecular Hbond substituents is 1. The van der Waals surface area contributed by atoms with Gasteiger partial charge in [-0.2, -0.15) is 0 Å². The summed E-state index contributed by atoms with van der Waals surface area (Å²) in [5.74, 6) is -1.50. The summed E-state index contributed by atoms with van der Waals surface area (Å²) in [5, 5.41) is 9.40. The smallest absolute Gasteiger partial charge is 0.182 e. The summed E-state index contributed by atoms with van der Waals surface area (Å²) in [7, 11) is -3.81. The second-order valence-corrected chi connectivity index (χ2v) is 6.78. The predicted octanol–water partition coefficient (Wildman–Crippen LogP) is 1.21. The number of hydrogen-bond acceptors (Lipinski definition) is 4. The van der Waals surface area contributed by atoms with Gasteiger partial charge >= 0.3 is 0 Å². The lowest BCUT2D eigenvalue weighted by molar-refractivity contribution is 0.436.